The first kappa shape index (κ1) is 18.6. The summed E-state index contributed by atoms with van der Waals surface area (Å²) in [5, 5.41) is 10.5. The molecule has 0 unspecified atom stereocenters. The normalized spacial score (nSPS) is 25.4. The van der Waals surface area contributed by atoms with Gasteiger partial charge in [-0.25, -0.2) is 4.98 Å². The highest BCUT2D eigenvalue weighted by molar-refractivity contribution is 6.74. The number of aromatic nitrogens is 2. The lowest BCUT2D eigenvalue weighted by Gasteiger charge is -2.40. The minimum Gasteiger partial charge on any atom is -0.414 e. The van der Waals surface area contributed by atoms with E-state index in [1.54, 1.807) is 0 Å². The molecule has 6 heteroatoms. The summed E-state index contributed by atoms with van der Waals surface area (Å²) in [6.07, 6.45) is 2.44. The smallest absolute Gasteiger partial charge is 0.192 e. The van der Waals surface area contributed by atoms with E-state index in [1.165, 1.54) is 0 Å². The molecule has 0 amide bonds. The van der Waals surface area contributed by atoms with Crippen molar-refractivity contribution in [3.8, 4) is 0 Å². The lowest BCUT2D eigenvalue weighted by Crippen LogP contribution is -2.47. The summed E-state index contributed by atoms with van der Waals surface area (Å²) < 4.78 is 14.6. The molecule has 2 aromatic rings. The SMILES string of the molecule is CC(C)(C)[Si](C)(C)OC[C@@H]1O[C@H](n2cnc3ccccc32)CC[C@H]1O. The van der Waals surface area contributed by atoms with E-state index in [1.807, 2.05) is 24.5 Å². The predicted molar refractivity (Wildman–Crippen MR) is 102 cm³/mol. The van der Waals surface area contributed by atoms with Gasteiger partial charge in [0.25, 0.3) is 0 Å². The number of para-hydroxylation sites is 2. The molecule has 1 fully saturated rings. The molecule has 138 valence electrons. The van der Waals surface area contributed by atoms with Gasteiger partial charge in [-0.3, -0.25) is 0 Å². The quantitative estimate of drug-likeness (QED) is 0.832. The van der Waals surface area contributed by atoms with Crippen molar-refractivity contribution in [3.63, 3.8) is 0 Å². The molecule has 0 spiro atoms. The molecule has 0 bridgehead atoms. The largest absolute Gasteiger partial charge is 0.414 e. The Morgan fingerprint density at radius 2 is 2.00 bits per heavy atom. The van der Waals surface area contributed by atoms with Crippen LogP contribution in [0.5, 0.6) is 0 Å². The summed E-state index contributed by atoms with van der Waals surface area (Å²) >= 11 is 0. The van der Waals surface area contributed by atoms with Crippen LogP contribution in [0.1, 0.15) is 39.8 Å². The predicted octanol–water partition coefficient (Wildman–Crippen LogP) is 4.10. The molecule has 1 aromatic heterocycles. The van der Waals surface area contributed by atoms with E-state index >= 15 is 0 Å². The molecule has 5 nitrogen and oxygen atoms in total. The van der Waals surface area contributed by atoms with Crippen LogP contribution in [0.2, 0.25) is 18.1 Å². The summed E-state index contributed by atoms with van der Waals surface area (Å²) in [6.45, 7) is 11.6. The van der Waals surface area contributed by atoms with Gasteiger partial charge >= 0.3 is 0 Å². The minimum atomic E-state index is -1.86. The molecule has 1 aliphatic heterocycles. The molecular weight excluding hydrogens is 332 g/mol. The number of nitrogens with zero attached hydrogens (tertiary/aromatic N) is 2. The van der Waals surface area contributed by atoms with Gasteiger partial charge in [-0.1, -0.05) is 32.9 Å². The van der Waals surface area contributed by atoms with Crippen LogP contribution < -0.4 is 0 Å². The zero-order valence-electron chi connectivity index (χ0n) is 15.9. The number of aliphatic hydroxyl groups excluding tert-OH is 1. The molecule has 1 saturated heterocycles. The molecule has 1 aliphatic rings. The third-order valence-electron chi connectivity index (χ3n) is 5.68. The van der Waals surface area contributed by atoms with Gasteiger partial charge in [0.05, 0.1) is 30.1 Å². The number of ether oxygens (including phenoxy) is 1. The van der Waals surface area contributed by atoms with Gasteiger partial charge in [0, 0.05) is 0 Å². The van der Waals surface area contributed by atoms with E-state index in [0.717, 1.165) is 17.5 Å². The Bertz CT molecular complexity index is 723. The van der Waals surface area contributed by atoms with Crippen molar-refractivity contribution in [2.75, 3.05) is 6.61 Å². The van der Waals surface area contributed by atoms with Crippen LogP contribution in [0.3, 0.4) is 0 Å². The molecule has 1 aromatic carbocycles. The Labute approximate surface area is 151 Å². The van der Waals surface area contributed by atoms with Crippen LogP contribution in [0.25, 0.3) is 11.0 Å². The van der Waals surface area contributed by atoms with Crippen LogP contribution in [-0.4, -0.2) is 41.8 Å². The van der Waals surface area contributed by atoms with E-state index < -0.39 is 14.4 Å². The van der Waals surface area contributed by atoms with E-state index in [0.29, 0.717) is 13.0 Å². The number of hydrogen-bond donors (Lipinski definition) is 1. The number of imidazole rings is 1. The summed E-state index contributed by atoms with van der Waals surface area (Å²) in [5.41, 5.74) is 2.03. The molecule has 25 heavy (non-hydrogen) atoms. The standard InChI is InChI=1S/C19H30N2O3Si/c1-19(2,3)25(4,5)23-12-17-16(22)10-11-18(24-17)21-13-20-14-8-6-7-9-15(14)21/h6-9,13,16-18,22H,10-12H2,1-5H3/t16-,17+,18+/m1/s1. The Morgan fingerprint density at radius 3 is 2.72 bits per heavy atom. The lowest BCUT2D eigenvalue weighted by atomic mass is 10.0. The summed E-state index contributed by atoms with van der Waals surface area (Å²) in [4.78, 5) is 4.45. The van der Waals surface area contributed by atoms with E-state index in [9.17, 15) is 5.11 Å². The highest BCUT2D eigenvalue weighted by Crippen LogP contribution is 2.37. The highest BCUT2D eigenvalue weighted by Gasteiger charge is 2.39. The maximum absolute atomic E-state index is 10.4. The van der Waals surface area contributed by atoms with E-state index in [4.69, 9.17) is 9.16 Å². The number of fused-ring (bicyclic) bond motifs is 1. The fourth-order valence-corrected chi connectivity index (χ4v) is 3.94. The molecule has 0 aliphatic carbocycles. The number of benzene rings is 1. The van der Waals surface area contributed by atoms with Crippen molar-refractivity contribution in [2.24, 2.45) is 0 Å². The van der Waals surface area contributed by atoms with Gasteiger partial charge in [0.1, 0.15) is 12.3 Å². The monoisotopic (exact) mass is 362 g/mol. The zero-order valence-corrected chi connectivity index (χ0v) is 16.9. The second kappa shape index (κ2) is 6.83. The van der Waals surface area contributed by atoms with Crippen molar-refractivity contribution in [3.05, 3.63) is 30.6 Å². The molecule has 3 rings (SSSR count). The van der Waals surface area contributed by atoms with Crippen molar-refractivity contribution < 1.29 is 14.3 Å². The van der Waals surface area contributed by atoms with Gasteiger partial charge in [-0.2, -0.15) is 0 Å². The molecule has 2 heterocycles. The first-order chi connectivity index (χ1) is 11.7. The Hall–Kier alpha value is -1.21. The van der Waals surface area contributed by atoms with Gasteiger partial charge in [-0.15, -0.1) is 0 Å². The maximum Gasteiger partial charge on any atom is 0.192 e. The Kier molecular flexibility index (Phi) is 5.08. The van der Waals surface area contributed by atoms with E-state index in [-0.39, 0.29) is 17.4 Å². The van der Waals surface area contributed by atoms with Gasteiger partial charge in [-0.05, 0) is 43.1 Å². The average Bonchev–Trinajstić information content (AvgIpc) is 2.97. The van der Waals surface area contributed by atoms with Gasteiger partial charge in [0.15, 0.2) is 8.32 Å². The third-order valence-corrected chi connectivity index (χ3v) is 10.2. The average molecular weight is 363 g/mol. The molecular formula is C19H30N2O3Si. The number of hydrogen-bond acceptors (Lipinski definition) is 4. The topological polar surface area (TPSA) is 56.5 Å². The first-order valence-electron chi connectivity index (χ1n) is 9.08. The first-order valence-corrected chi connectivity index (χ1v) is 12.0. The van der Waals surface area contributed by atoms with Crippen LogP contribution in [0, 0.1) is 0 Å². The van der Waals surface area contributed by atoms with Crippen LogP contribution in [0.4, 0.5) is 0 Å². The third kappa shape index (κ3) is 3.82. The fourth-order valence-electron chi connectivity index (χ4n) is 2.93. The van der Waals surface area contributed by atoms with E-state index in [2.05, 4.69) is 49.5 Å². The molecule has 3 atom stereocenters. The van der Waals surface area contributed by atoms with Crippen LogP contribution in [0.15, 0.2) is 30.6 Å². The summed E-state index contributed by atoms with van der Waals surface area (Å²) in [7, 11) is -1.86. The van der Waals surface area contributed by atoms with Crippen molar-refractivity contribution >= 4 is 19.4 Å². The van der Waals surface area contributed by atoms with Crippen molar-refractivity contribution in [2.45, 2.75) is 70.2 Å². The van der Waals surface area contributed by atoms with Crippen LogP contribution in [-0.2, 0) is 9.16 Å². The molecule has 1 N–H and O–H groups in total. The second-order valence-corrected chi connectivity index (χ2v) is 13.3. The number of aliphatic hydroxyl groups is 1. The number of rotatable bonds is 4. The second-order valence-electron chi connectivity index (χ2n) is 8.49. The summed E-state index contributed by atoms with van der Waals surface area (Å²) in [5.74, 6) is 0. The molecule has 0 saturated carbocycles. The fraction of sp³-hybridized carbons (Fsp3) is 0.632. The van der Waals surface area contributed by atoms with Crippen LogP contribution >= 0.6 is 0 Å². The Balaban J connectivity index is 1.72. The summed E-state index contributed by atoms with van der Waals surface area (Å²) in [6, 6.07) is 8.05. The van der Waals surface area contributed by atoms with Gasteiger partial charge < -0.3 is 18.8 Å². The van der Waals surface area contributed by atoms with Crippen molar-refractivity contribution in [1.82, 2.24) is 9.55 Å². The maximum atomic E-state index is 10.4. The zero-order chi connectivity index (χ0) is 18.2. The highest BCUT2D eigenvalue weighted by atomic mass is 28.4. The van der Waals surface area contributed by atoms with Gasteiger partial charge in [0.2, 0.25) is 0 Å². The van der Waals surface area contributed by atoms with Crippen molar-refractivity contribution in [1.29, 1.82) is 0 Å². The lowest BCUT2D eigenvalue weighted by molar-refractivity contribution is -0.156. The molecule has 0 radical (unpaired) electrons. The Morgan fingerprint density at radius 1 is 1.28 bits per heavy atom. The minimum absolute atomic E-state index is 0.108.